The van der Waals surface area contributed by atoms with Crippen molar-refractivity contribution in [3.63, 3.8) is 0 Å². The molecule has 0 aliphatic rings. The summed E-state index contributed by atoms with van der Waals surface area (Å²) in [5.41, 5.74) is 10.7. The van der Waals surface area contributed by atoms with Gasteiger partial charge in [0.25, 0.3) is 0 Å². The molecule has 0 fully saturated rings. The Kier molecular flexibility index (Phi) is 3.39. The summed E-state index contributed by atoms with van der Waals surface area (Å²) >= 11 is 0. The fourth-order valence-corrected chi connectivity index (χ4v) is 2.03. The highest BCUT2D eigenvalue weighted by molar-refractivity contribution is 5.56. The standard InChI is InChI=1S/C14H18N4/c1-8-5-12(6-9(2)17-8)14-16-7-13(10(3)15)11(4)18-14/h5-7,10H,15H2,1-4H3. The molecule has 0 radical (unpaired) electrons. The van der Waals surface area contributed by atoms with Crippen molar-refractivity contribution < 1.29 is 0 Å². The average molecular weight is 242 g/mol. The molecule has 1 unspecified atom stereocenters. The minimum Gasteiger partial charge on any atom is -0.324 e. The summed E-state index contributed by atoms with van der Waals surface area (Å²) in [6.07, 6.45) is 1.81. The van der Waals surface area contributed by atoms with E-state index in [2.05, 4.69) is 15.0 Å². The van der Waals surface area contributed by atoms with Crippen LogP contribution in [0.1, 0.15) is 35.6 Å². The van der Waals surface area contributed by atoms with Crippen LogP contribution in [0.2, 0.25) is 0 Å². The molecule has 0 aliphatic heterocycles. The van der Waals surface area contributed by atoms with Gasteiger partial charge in [0.1, 0.15) is 0 Å². The van der Waals surface area contributed by atoms with E-state index >= 15 is 0 Å². The molecular weight excluding hydrogens is 224 g/mol. The smallest absolute Gasteiger partial charge is 0.159 e. The van der Waals surface area contributed by atoms with E-state index in [1.807, 2.05) is 46.0 Å². The van der Waals surface area contributed by atoms with Crippen molar-refractivity contribution in [2.75, 3.05) is 0 Å². The number of pyridine rings is 1. The first-order chi connectivity index (χ1) is 8.47. The maximum absolute atomic E-state index is 5.86. The summed E-state index contributed by atoms with van der Waals surface area (Å²) in [7, 11) is 0. The van der Waals surface area contributed by atoms with Crippen molar-refractivity contribution in [3.05, 3.63) is 41.0 Å². The van der Waals surface area contributed by atoms with Crippen molar-refractivity contribution in [2.45, 2.75) is 33.7 Å². The summed E-state index contributed by atoms with van der Waals surface area (Å²) in [6.45, 7) is 7.84. The van der Waals surface area contributed by atoms with Gasteiger partial charge in [-0.25, -0.2) is 9.97 Å². The van der Waals surface area contributed by atoms with Crippen LogP contribution in [0, 0.1) is 20.8 Å². The SMILES string of the molecule is Cc1cc(-c2ncc(C(C)N)c(C)n2)cc(C)n1. The van der Waals surface area contributed by atoms with E-state index in [4.69, 9.17) is 5.73 Å². The molecule has 94 valence electrons. The fourth-order valence-electron chi connectivity index (χ4n) is 2.03. The fraction of sp³-hybridized carbons (Fsp3) is 0.357. The molecule has 1 atom stereocenters. The highest BCUT2D eigenvalue weighted by Crippen LogP contribution is 2.19. The summed E-state index contributed by atoms with van der Waals surface area (Å²) in [5.74, 6) is 0.727. The zero-order valence-corrected chi connectivity index (χ0v) is 11.2. The van der Waals surface area contributed by atoms with Crippen molar-refractivity contribution in [2.24, 2.45) is 5.73 Å². The second kappa shape index (κ2) is 4.82. The van der Waals surface area contributed by atoms with Gasteiger partial charge in [0.15, 0.2) is 5.82 Å². The number of aromatic nitrogens is 3. The van der Waals surface area contributed by atoms with Crippen LogP contribution >= 0.6 is 0 Å². The van der Waals surface area contributed by atoms with E-state index in [1.165, 1.54) is 0 Å². The molecule has 2 aromatic heterocycles. The van der Waals surface area contributed by atoms with Crippen LogP contribution in [0.5, 0.6) is 0 Å². The third kappa shape index (κ3) is 2.54. The van der Waals surface area contributed by atoms with Gasteiger partial charge in [-0.05, 0) is 39.8 Å². The molecule has 4 nitrogen and oxygen atoms in total. The van der Waals surface area contributed by atoms with E-state index in [0.717, 1.165) is 34.0 Å². The molecule has 0 aromatic carbocycles. The van der Waals surface area contributed by atoms with Crippen molar-refractivity contribution in [1.82, 2.24) is 15.0 Å². The van der Waals surface area contributed by atoms with Crippen molar-refractivity contribution in [1.29, 1.82) is 0 Å². The van der Waals surface area contributed by atoms with Gasteiger partial charge in [0.2, 0.25) is 0 Å². The lowest BCUT2D eigenvalue weighted by Crippen LogP contribution is -2.09. The highest BCUT2D eigenvalue weighted by Gasteiger charge is 2.09. The molecule has 2 heterocycles. The Bertz CT molecular complexity index is 556. The highest BCUT2D eigenvalue weighted by atomic mass is 14.9. The maximum Gasteiger partial charge on any atom is 0.159 e. The molecule has 4 heteroatoms. The van der Waals surface area contributed by atoms with E-state index in [9.17, 15) is 0 Å². The normalized spacial score (nSPS) is 12.5. The number of aryl methyl sites for hydroxylation is 3. The third-order valence-corrected chi connectivity index (χ3v) is 2.85. The number of hydrogen-bond donors (Lipinski definition) is 1. The van der Waals surface area contributed by atoms with E-state index < -0.39 is 0 Å². The predicted octanol–water partition coefficient (Wildman–Crippen LogP) is 2.48. The third-order valence-electron chi connectivity index (χ3n) is 2.85. The summed E-state index contributed by atoms with van der Waals surface area (Å²) in [5, 5.41) is 0. The first kappa shape index (κ1) is 12.6. The Morgan fingerprint density at radius 2 is 1.67 bits per heavy atom. The Hall–Kier alpha value is -1.81. The van der Waals surface area contributed by atoms with Crippen LogP contribution < -0.4 is 5.73 Å². The van der Waals surface area contributed by atoms with Crippen LogP contribution in [0.3, 0.4) is 0 Å². The molecular formula is C14H18N4. The number of hydrogen-bond acceptors (Lipinski definition) is 4. The Labute approximate surface area is 107 Å². The lowest BCUT2D eigenvalue weighted by atomic mass is 10.1. The van der Waals surface area contributed by atoms with Crippen LogP contribution in [0.25, 0.3) is 11.4 Å². The minimum absolute atomic E-state index is 0.0417. The molecule has 0 saturated carbocycles. The summed E-state index contributed by atoms with van der Waals surface area (Å²) in [4.78, 5) is 13.3. The molecule has 0 amide bonds. The van der Waals surface area contributed by atoms with Gasteiger partial charge in [0.05, 0.1) is 0 Å². The van der Waals surface area contributed by atoms with Gasteiger partial charge in [-0.15, -0.1) is 0 Å². The number of nitrogens with zero attached hydrogens (tertiary/aromatic N) is 3. The predicted molar refractivity (Wildman–Crippen MR) is 72.1 cm³/mol. The van der Waals surface area contributed by atoms with Crippen molar-refractivity contribution >= 4 is 0 Å². The number of rotatable bonds is 2. The molecule has 2 aromatic rings. The van der Waals surface area contributed by atoms with Crippen molar-refractivity contribution in [3.8, 4) is 11.4 Å². The molecule has 2 rings (SSSR count). The second-order valence-corrected chi connectivity index (χ2v) is 4.66. The Balaban J connectivity index is 2.48. The zero-order chi connectivity index (χ0) is 13.3. The monoisotopic (exact) mass is 242 g/mol. The van der Waals surface area contributed by atoms with Gasteiger partial charge < -0.3 is 5.73 Å². The molecule has 2 N–H and O–H groups in total. The van der Waals surface area contributed by atoms with Gasteiger partial charge in [-0.1, -0.05) is 0 Å². The maximum atomic E-state index is 5.86. The van der Waals surface area contributed by atoms with E-state index in [1.54, 1.807) is 0 Å². The first-order valence-electron chi connectivity index (χ1n) is 6.02. The molecule has 0 aliphatic carbocycles. The lowest BCUT2D eigenvalue weighted by molar-refractivity contribution is 0.790. The van der Waals surface area contributed by atoms with Gasteiger partial charge in [-0.2, -0.15) is 0 Å². The molecule has 0 bridgehead atoms. The van der Waals surface area contributed by atoms with Gasteiger partial charge in [-0.3, -0.25) is 4.98 Å². The van der Waals surface area contributed by atoms with E-state index in [0.29, 0.717) is 0 Å². The van der Waals surface area contributed by atoms with Crippen LogP contribution in [-0.4, -0.2) is 15.0 Å². The number of nitrogens with two attached hydrogens (primary N) is 1. The zero-order valence-electron chi connectivity index (χ0n) is 11.2. The van der Waals surface area contributed by atoms with Crippen LogP contribution in [0.4, 0.5) is 0 Å². The van der Waals surface area contributed by atoms with Gasteiger partial charge >= 0.3 is 0 Å². The van der Waals surface area contributed by atoms with Crippen LogP contribution in [0.15, 0.2) is 18.3 Å². The molecule has 18 heavy (non-hydrogen) atoms. The van der Waals surface area contributed by atoms with Crippen LogP contribution in [-0.2, 0) is 0 Å². The topological polar surface area (TPSA) is 64.7 Å². The first-order valence-corrected chi connectivity index (χ1v) is 6.02. The second-order valence-electron chi connectivity index (χ2n) is 4.66. The van der Waals surface area contributed by atoms with E-state index in [-0.39, 0.29) is 6.04 Å². The largest absolute Gasteiger partial charge is 0.324 e. The lowest BCUT2D eigenvalue weighted by Gasteiger charge is -2.10. The Morgan fingerprint density at radius 3 is 2.17 bits per heavy atom. The Morgan fingerprint density at radius 1 is 1.06 bits per heavy atom. The molecule has 0 saturated heterocycles. The average Bonchev–Trinajstić information content (AvgIpc) is 2.26. The quantitative estimate of drug-likeness (QED) is 0.878. The minimum atomic E-state index is -0.0417. The molecule has 0 spiro atoms. The van der Waals surface area contributed by atoms with Gasteiger partial charge in [0, 0.05) is 40.4 Å². The summed E-state index contributed by atoms with van der Waals surface area (Å²) in [6, 6.07) is 3.95. The summed E-state index contributed by atoms with van der Waals surface area (Å²) < 4.78 is 0.